The number of hydrogen-bond donors (Lipinski definition) is 2. The quantitative estimate of drug-likeness (QED) is 0.718. The Hall–Kier alpha value is -2.39. The summed E-state index contributed by atoms with van der Waals surface area (Å²) in [6, 6.07) is 3.86. The van der Waals surface area contributed by atoms with Crippen molar-refractivity contribution in [3.05, 3.63) is 39.5 Å². The predicted octanol–water partition coefficient (Wildman–Crippen LogP) is 3.52. The molecule has 0 unspecified atom stereocenters. The molecule has 0 spiro atoms. The fourth-order valence-corrected chi connectivity index (χ4v) is 2.97. The number of rotatable bonds is 7. The number of carbonyl (C=O) groups is 2. The van der Waals surface area contributed by atoms with Crippen LogP contribution in [0.25, 0.3) is 0 Å². The molecule has 1 aliphatic carbocycles. The number of carbonyl (C=O) groups excluding carboxylic acids is 2. The van der Waals surface area contributed by atoms with Gasteiger partial charge in [-0.15, -0.1) is 5.10 Å². The van der Waals surface area contributed by atoms with Crippen molar-refractivity contribution in [2.24, 2.45) is 5.73 Å². The van der Waals surface area contributed by atoms with Crippen molar-refractivity contribution in [1.82, 2.24) is 9.78 Å². The molecular weight excluding hydrogens is 405 g/mol. The zero-order valence-electron chi connectivity index (χ0n) is 13.7. The summed E-state index contributed by atoms with van der Waals surface area (Å²) in [4.78, 5) is 24.3. The molecule has 27 heavy (non-hydrogen) atoms. The highest BCUT2D eigenvalue weighted by Crippen LogP contribution is 2.37. The number of halogens is 4. The lowest BCUT2D eigenvalue weighted by molar-refractivity contribution is 0.0792. The number of amides is 2. The van der Waals surface area contributed by atoms with Gasteiger partial charge in [0.1, 0.15) is 5.69 Å². The number of benzene rings is 1. The summed E-state index contributed by atoms with van der Waals surface area (Å²) in [6.45, 7) is -0.836. The van der Waals surface area contributed by atoms with E-state index in [0.29, 0.717) is 0 Å². The van der Waals surface area contributed by atoms with Crippen LogP contribution in [0.15, 0.2) is 18.2 Å². The first kappa shape index (κ1) is 19.4. The maximum Gasteiger partial charge on any atom is 0.274 e. The van der Waals surface area contributed by atoms with Gasteiger partial charge < -0.3 is 15.8 Å². The summed E-state index contributed by atoms with van der Waals surface area (Å²) in [5, 5.41) is 6.77. The SMILES string of the molecule is NC(=O)c1cc(Cl)cc(Cl)c1NC(=O)c1cc(OCC(F)F)nn1C1CC1. The second-order valence-electron chi connectivity index (χ2n) is 5.87. The molecule has 1 saturated carbocycles. The van der Waals surface area contributed by atoms with Crippen LogP contribution in [0.4, 0.5) is 14.5 Å². The Morgan fingerprint density at radius 2 is 2.04 bits per heavy atom. The van der Waals surface area contributed by atoms with Gasteiger partial charge in [0, 0.05) is 11.1 Å². The lowest BCUT2D eigenvalue weighted by atomic mass is 10.1. The fraction of sp³-hybridized carbons (Fsp3) is 0.312. The maximum absolute atomic E-state index is 12.7. The predicted molar refractivity (Wildman–Crippen MR) is 94.9 cm³/mol. The summed E-state index contributed by atoms with van der Waals surface area (Å²) >= 11 is 11.9. The zero-order chi connectivity index (χ0) is 19.7. The third-order valence-corrected chi connectivity index (χ3v) is 4.27. The Kier molecular flexibility index (Phi) is 5.52. The van der Waals surface area contributed by atoms with E-state index in [1.165, 1.54) is 22.9 Å². The van der Waals surface area contributed by atoms with Gasteiger partial charge in [0.25, 0.3) is 18.2 Å². The second-order valence-corrected chi connectivity index (χ2v) is 6.72. The number of anilines is 1. The van der Waals surface area contributed by atoms with Crippen LogP contribution in [0.3, 0.4) is 0 Å². The minimum atomic E-state index is -2.67. The Bertz CT molecular complexity index is 900. The van der Waals surface area contributed by atoms with Crippen LogP contribution < -0.4 is 15.8 Å². The van der Waals surface area contributed by atoms with Crippen molar-refractivity contribution in [2.75, 3.05) is 11.9 Å². The molecule has 3 N–H and O–H groups in total. The summed E-state index contributed by atoms with van der Waals surface area (Å²) in [5.41, 5.74) is 5.33. The van der Waals surface area contributed by atoms with E-state index >= 15 is 0 Å². The lowest BCUT2D eigenvalue weighted by Gasteiger charge is -2.12. The molecule has 1 aromatic carbocycles. The van der Waals surface area contributed by atoms with Gasteiger partial charge in [-0.2, -0.15) is 0 Å². The number of alkyl halides is 2. The highest BCUT2D eigenvalue weighted by atomic mass is 35.5. The summed E-state index contributed by atoms with van der Waals surface area (Å²) in [6.07, 6.45) is -1.08. The van der Waals surface area contributed by atoms with Crippen LogP contribution >= 0.6 is 23.2 Å². The molecule has 0 aliphatic heterocycles. The van der Waals surface area contributed by atoms with Crippen molar-refractivity contribution < 1.29 is 23.1 Å². The van der Waals surface area contributed by atoms with Gasteiger partial charge in [-0.3, -0.25) is 14.3 Å². The second kappa shape index (κ2) is 7.69. The maximum atomic E-state index is 12.7. The molecule has 1 fully saturated rings. The smallest absolute Gasteiger partial charge is 0.274 e. The molecule has 1 aliphatic rings. The molecule has 0 radical (unpaired) electrons. The fourth-order valence-electron chi connectivity index (χ4n) is 2.43. The van der Waals surface area contributed by atoms with Crippen molar-refractivity contribution in [1.29, 1.82) is 0 Å². The van der Waals surface area contributed by atoms with E-state index in [9.17, 15) is 18.4 Å². The summed E-state index contributed by atoms with van der Waals surface area (Å²) in [5.74, 6) is -1.57. The lowest BCUT2D eigenvalue weighted by Crippen LogP contribution is -2.21. The van der Waals surface area contributed by atoms with Gasteiger partial charge in [0.15, 0.2) is 6.61 Å². The van der Waals surface area contributed by atoms with Crippen molar-refractivity contribution in [3.8, 4) is 5.88 Å². The molecule has 1 heterocycles. The van der Waals surface area contributed by atoms with Gasteiger partial charge in [-0.25, -0.2) is 8.78 Å². The van der Waals surface area contributed by atoms with Crippen LogP contribution in [-0.4, -0.2) is 34.6 Å². The van der Waals surface area contributed by atoms with Gasteiger partial charge in [0.2, 0.25) is 5.88 Å². The van der Waals surface area contributed by atoms with E-state index in [1.807, 2.05) is 0 Å². The molecule has 3 rings (SSSR count). The first-order chi connectivity index (χ1) is 12.8. The molecule has 144 valence electrons. The average Bonchev–Trinajstić information content (AvgIpc) is 3.34. The number of hydrogen-bond acceptors (Lipinski definition) is 4. The van der Waals surface area contributed by atoms with Crippen molar-refractivity contribution in [2.45, 2.75) is 25.3 Å². The van der Waals surface area contributed by atoms with Gasteiger partial charge >= 0.3 is 0 Å². The van der Waals surface area contributed by atoms with Crippen LogP contribution in [0, 0.1) is 0 Å². The molecule has 2 aromatic rings. The van der Waals surface area contributed by atoms with E-state index in [2.05, 4.69) is 10.4 Å². The molecule has 0 saturated heterocycles. The van der Waals surface area contributed by atoms with Crippen LogP contribution in [0.2, 0.25) is 10.0 Å². The van der Waals surface area contributed by atoms with Crippen molar-refractivity contribution >= 4 is 40.7 Å². The van der Waals surface area contributed by atoms with E-state index < -0.39 is 24.8 Å². The first-order valence-corrected chi connectivity index (χ1v) is 8.62. The highest BCUT2D eigenvalue weighted by Gasteiger charge is 2.31. The van der Waals surface area contributed by atoms with Crippen LogP contribution in [0.1, 0.15) is 39.7 Å². The molecular formula is C16H14Cl2F2N4O3. The molecule has 7 nitrogen and oxygen atoms in total. The number of ether oxygens (including phenoxy) is 1. The number of nitrogens with one attached hydrogen (secondary N) is 1. The molecule has 11 heteroatoms. The molecule has 0 bridgehead atoms. The van der Waals surface area contributed by atoms with E-state index in [0.717, 1.165) is 12.8 Å². The third-order valence-electron chi connectivity index (χ3n) is 3.75. The van der Waals surface area contributed by atoms with E-state index in [1.54, 1.807) is 0 Å². The van der Waals surface area contributed by atoms with Crippen LogP contribution in [-0.2, 0) is 0 Å². The van der Waals surface area contributed by atoms with Gasteiger partial charge in [0.05, 0.1) is 22.3 Å². The largest absolute Gasteiger partial charge is 0.471 e. The Balaban J connectivity index is 1.89. The summed E-state index contributed by atoms with van der Waals surface area (Å²) in [7, 11) is 0. The van der Waals surface area contributed by atoms with E-state index in [-0.39, 0.29) is 38.9 Å². The summed E-state index contributed by atoms with van der Waals surface area (Å²) < 4.78 is 31.0. The molecule has 2 amide bonds. The normalized spacial score (nSPS) is 13.7. The Morgan fingerprint density at radius 3 is 2.63 bits per heavy atom. The number of primary amides is 1. The minimum Gasteiger partial charge on any atom is -0.471 e. The Morgan fingerprint density at radius 1 is 1.33 bits per heavy atom. The third kappa shape index (κ3) is 4.48. The standard InChI is InChI=1S/C16H14Cl2F2N4O3/c17-7-3-9(15(21)25)14(10(18)4-7)22-16(26)11-5-13(27-6-12(19)20)23-24(11)8-1-2-8/h3-5,8,12H,1-2,6H2,(H2,21,25)(H,22,26). The topological polar surface area (TPSA) is 99.2 Å². The van der Waals surface area contributed by atoms with E-state index in [4.69, 9.17) is 33.7 Å². The van der Waals surface area contributed by atoms with Crippen LogP contribution in [0.5, 0.6) is 5.88 Å². The molecule has 1 aromatic heterocycles. The number of nitrogens with zero attached hydrogens (tertiary/aromatic N) is 2. The number of nitrogens with two attached hydrogens (primary N) is 1. The van der Waals surface area contributed by atoms with Crippen molar-refractivity contribution in [3.63, 3.8) is 0 Å². The first-order valence-electron chi connectivity index (χ1n) is 7.87. The number of aromatic nitrogens is 2. The zero-order valence-corrected chi connectivity index (χ0v) is 15.2. The average molecular weight is 419 g/mol. The highest BCUT2D eigenvalue weighted by molar-refractivity contribution is 6.38. The minimum absolute atomic E-state index is 0.00263. The molecule has 0 atom stereocenters. The van der Waals surface area contributed by atoms with Gasteiger partial charge in [-0.05, 0) is 25.0 Å². The van der Waals surface area contributed by atoms with Gasteiger partial charge in [-0.1, -0.05) is 23.2 Å². The monoisotopic (exact) mass is 418 g/mol. The Labute approximate surface area is 162 Å².